The van der Waals surface area contributed by atoms with E-state index in [1.807, 2.05) is 0 Å². The van der Waals surface area contributed by atoms with Crippen molar-refractivity contribution in [3.63, 3.8) is 0 Å². The highest BCUT2D eigenvalue weighted by atomic mass is 19.1. The number of hydrogen-bond donors (Lipinski definition) is 1. The molecule has 2 atom stereocenters. The molecule has 0 spiro atoms. The van der Waals surface area contributed by atoms with E-state index in [1.54, 1.807) is 6.92 Å². The molecule has 98 valence electrons. The standard InChI is InChI=1S/C11H18FNO4/c1-2-5-9(12)17-11(16)13-7-4-3-6-8(13)10(14)15/h8-9H,2-7H2,1H3,(H,14,15). The smallest absolute Gasteiger partial charge is 0.413 e. The summed E-state index contributed by atoms with van der Waals surface area (Å²) in [4.78, 5) is 23.6. The fourth-order valence-corrected chi connectivity index (χ4v) is 1.87. The summed E-state index contributed by atoms with van der Waals surface area (Å²) in [5, 5.41) is 8.95. The second-order valence-corrected chi connectivity index (χ2v) is 4.13. The molecule has 2 unspecified atom stereocenters. The van der Waals surface area contributed by atoms with Crippen molar-refractivity contribution in [3.8, 4) is 0 Å². The van der Waals surface area contributed by atoms with E-state index in [2.05, 4.69) is 4.74 Å². The maximum absolute atomic E-state index is 13.1. The van der Waals surface area contributed by atoms with Gasteiger partial charge < -0.3 is 9.84 Å². The molecule has 1 aliphatic heterocycles. The monoisotopic (exact) mass is 247 g/mol. The number of likely N-dealkylation sites (tertiary alicyclic amines) is 1. The first kappa shape index (κ1) is 13.7. The van der Waals surface area contributed by atoms with E-state index in [1.165, 1.54) is 0 Å². The largest absolute Gasteiger partial charge is 0.480 e. The number of carbonyl (C=O) groups is 2. The van der Waals surface area contributed by atoms with Crippen molar-refractivity contribution in [2.24, 2.45) is 0 Å². The second kappa shape index (κ2) is 6.42. The summed E-state index contributed by atoms with van der Waals surface area (Å²) >= 11 is 0. The van der Waals surface area contributed by atoms with Gasteiger partial charge in [0.2, 0.25) is 6.36 Å². The van der Waals surface area contributed by atoms with Crippen molar-refractivity contribution in [2.75, 3.05) is 6.54 Å². The normalized spacial score (nSPS) is 22.0. The Bertz CT molecular complexity index is 285. The third-order valence-electron chi connectivity index (χ3n) is 2.77. The van der Waals surface area contributed by atoms with Gasteiger partial charge in [0.15, 0.2) is 0 Å². The van der Waals surface area contributed by atoms with Gasteiger partial charge in [0.1, 0.15) is 6.04 Å². The van der Waals surface area contributed by atoms with Crippen LogP contribution in [-0.2, 0) is 9.53 Å². The van der Waals surface area contributed by atoms with Crippen LogP contribution >= 0.6 is 0 Å². The first-order chi connectivity index (χ1) is 8.06. The van der Waals surface area contributed by atoms with Crippen molar-refractivity contribution in [3.05, 3.63) is 0 Å². The molecule has 17 heavy (non-hydrogen) atoms. The predicted octanol–water partition coefficient (Wildman–Crippen LogP) is 2.16. The Labute approximate surface area is 99.5 Å². The van der Waals surface area contributed by atoms with Gasteiger partial charge in [-0.2, -0.15) is 0 Å². The van der Waals surface area contributed by atoms with Gasteiger partial charge in [-0.3, -0.25) is 4.90 Å². The highest BCUT2D eigenvalue weighted by Gasteiger charge is 2.33. The fraction of sp³-hybridized carbons (Fsp3) is 0.818. The van der Waals surface area contributed by atoms with Crippen LogP contribution in [0.25, 0.3) is 0 Å². The van der Waals surface area contributed by atoms with E-state index in [4.69, 9.17) is 5.11 Å². The summed E-state index contributed by atoms with van der Waals surface area (Å²) in [6.45, 7) is 2.09. The number of carbonyl (C=O) groups excluding carboxylic acids is 1. The average molecular weight is 247 g/mol. The van der Waals surface area contributed by atoms with E-state index >= 15 is 0 Å². The number of nitrogens with zero attached hydrogens (tertiary/aromatic N) is 1. The minimum absolute atomic E-state index is 0.136. The zero-order valence-corrected chi connectivity index (χ0v) is 9.89. The summed E-state index contributed by atoms with van der Waals surface area (Å²) in [5.41, 5.74) is 0. The van der Waals surface area contributed by atoms with Gasteiger partial charge in [0, 0.05) is 13.0 Å². The number of aliphatic carboxylic acids is 1. The Kier molecular flexibility index (Phi) is 5.18. The third kappa shape index (κ3) is 3.87. The van der Waals surface area contributed by atoms with Gasteiger partial charge >= 0.3 is 12.1 Å². The Morgan fingerprint density at radius 3 is 2.82 bits per heavy atom. The van der Waals surface area contributed by atoms with Crippen LogP contribution < -0.4 is 0 Å². The summed E-state index contributed by atoms with van der Waals surface area (Å²) in [7, 11) is 0. The summed E-state index contributed by atoms with van der Waals surface area (Å²) in [5.74, 6) is -1.06. The van der Waals surface area contributed by atoms with Gasteiger partial charge in [0.05, 0.1) is 0 Å². The SMILES string of the molecule is CCCC(F)OC(=O)N1CCCCC1C(=O)O. The van der Waals surface area contributed by atoms with Gasteiger partial charge in [-0.15, -0.1) is 0 Å². The molecule has 1 heterocycles. The zero-order chi connectivity index (χ0) is 12.8. The van der Waals surface area contributed by atoms with Gasteiger partial charge in [-0.25, -0.2) is 14.0 Å². The van der Waals surface area contributed by atoms with Crippen LogP contribution in [0.5, 0.6) is 0 Å². The lowest BCUT2D eigenvalue weighted by Gasteiger charge is -2.32. The quantitative estimate of drug-likeness (QED) is 0.826. The number of amides is 1. The molecule has 5 nitrogen and oxygen atoms in total. The van der Waals surface area contributed by atoms with E-state index in [0.29, 0.717) is 19.4 Å². The number of halogens is 1. The first-order valence-electron chi connectivity index (χ1n) is 5.90. The maximum Gasteiger partial charge on any atom is 0.413 e. The minimum Gasteiger partial charge on any atom is -0.480 e. The Balaban J connectivity index is 2.56. The molecular formula is C11H18FNO4. The average Bonchev–Trinajstić information content (AvgIpc) is 2.29. The van der Waals surface area contributed by atoms with E-state index in [0.717, 1.165) is 17.7 Å². The van der Waals surface area contributed by atoms with Gasteiger partial charge in [-0.1, -0.05) is 6.92 Å². The lowest BCUT2D eigenvalue weighted by atomic mass is 10.0. The topological polar surface area (TPSA) is 66.8 Å². The van der Waals surface area contributed by atoms with Gasteiger partial charge in [-0.05, 0) is 25.7 Å². The zero-order valence-electron chi connectivity index (χ0n) is 9.89. The number of rotatable bonds is 4. The minimum atomic E-state index is -1.65. The van der Waals surface area contributed by atoms with Crippen LogP contribution in [0.3, 0.4) is 0 Å². The molecule has 1 saturated heterocycles. The number of hydrogen-bond acceptors (Lipinski definition) is 3. The van der Waals surface area contributed by atoms with E-state index in [-0.39, 0.29) is 6.42 Å². The molecule has 0 radical (unpaired) electrons. The van der Waals surface area contributed by atoms with Crippen LogP contribution in [0.2, 0.25) is 0 Å². The Morgan fingerprint density at radius 2 is 2.24 bits per heavy atom. The van der Waals surface area contributed by atoms with Crippen molar-refractivity contribution < 1.29 is 23.8 Å². The highest BCUT2D eigenvalue weighted by Crippen LogP contribution is 2.19. The number of carboxylic acids is 1. The fourth-order valence-electron chi connectivity index (χ4n) is 1.87. The summed E-state index contributed by atoms with van der Waals surface area (Å²) in [6, 6.07) is -0.884. The lowest BCUT2D eigenvalue weighted by Crippen LogP contribution is -2.48. The molecule has 1 rings (SSSR count). The summed E-state index contributed by atoms with van der Waals surface area (Å²) in [6.07, 6.45) is 0.0729. The molecule has 1 amide bonds. The highest BCUT2D eigenvalue weighted by molar-refractivity contribution is 5.80. The number of carboxylic acid groups (broad SMARTS) is 1. The first-order valence-corrected chi connectivity index (χ1v) is 5.90. The molecule has 1 aliphatic rings. The van der Waals surface area contributed by atoms with E-state index in [9.17, 15) is 14.0 Å². The van der Waals surface area contributed by atoms with Gasteiger partial charge in [0.25, 0.3) is 0 Å². The number of piperidine rings is 1. The molecule has 0 aromatic heterocycles. The molecular weight excluding hydrogens is 229 g/mol. The Hall–Kier alpha value is -1.33. The molecule has 0 saturated carbocycles. The van der Waals surface area contributed by atoms with Crippen LogP contribution in [0, 0.1) is 0 Å². The van der Waals surface area contributed by atoms with Crippen LogP contribution in [0.4, 0.5) is 9.18 Å². The number of ether oxygens (including phenoxy) is 1. The van der Waals surface area contributed by atoms with Crippen LogP contribution in [0.1, 0.15) is 39.0 Å². The van der Waals surface area contributed by atoms with Crippen LogP contribution in [-0.4, -0.2) is 41.0 Å². The molecule has 0 bridgehead atoms. The Morgan fingerprint density at radius 1 is 1.53 bits per heavy atom. The lowest BCUT2D eigenvalue weighted by molar-refractivity contribution is -0.144. The third-order valence-corrected chi connectivity index (χ3v) is 2.77. The van der Waals surface area contributed by atoms with Crippen molar-refractivity contribution >= 4 is 12.1 Å². The summed E-state index contributed by atoms with van der Waals surface area (Å²) < 4.78 is 17.7. The molecule has 6 heteroatoms. The number of alkyl halides is 1. The molecule has 0 aromatic rings. The maximum atomic E-state index is 13.1. The molecule has 0 aliphatic carbocycles. The van der Waals surface area contributed by atoms with Crippen molar-refractivity contribution in [1.82, 2.24) is 4.90 Å². The second-order valence-electron chi connectivity index (χ2n) is 4.13. The van der Waals surface area contributed by atoms with Crippen molar-refractivity contribution in [1.29, 1.82) is 0 Å². The van der Waals surface area contributed by atoms with Crippen molar-refractivity contribution in [2.45, 2.75) is 51.4 Å². The van der Waals surface area contributed by atoms with E-state index < -0.39 is 24.5 Å². The molecule has 0 aromatic carbocycles. The predicted molar refractivity (Wildman–Crippen MR) is 58.3 cm³/mol. The van der Waals surface area contributed by atoms with Crippen LogP contribution in [0.15, 0.2) is 0 Å². The molecule has 1 fully saturated rings. The molecule has 1 N–H and O–H groups in total.